The lowest BCUT2D eigenvalue weighted by Crippen LogP contribution is -2.14. The van der Waals surface area contributed by atoms with Gasteiger partial charge in [0.25, 0.3) is 0 Å². The largest absolute Gasteiger partial charge is 0.469 e. The molecule has 110 valence electrons. The van der Waals surface area contributed by atoms with Gasteiger partial charge in [-0.1, -0.05) is 0 Å². The molecule has 2 aromatic heterocycles. The molecule has 1 fully saturated rings. The van der Waals surface area contributed by atoms with Crippen molar-refractivity contribution >= 4 is 11.6 Å². The lowest BCUT2D eigenvalue weighted by atomic mass is 10.2. The van der Waals surface area contributed by atoms with Crippen molar-refractivity contribution in [2.24, 2.45) is 5.92 Å². The van der Waals surface area contributed by atoms with Crippen LogP contribution in [0.3, 0.4) is 0 Å². The van der Waals surface area contributed by atoms with E-state index in [1.807, 2.05) is 36.4 Å². The Hall–Kier alpha value is -2.89. The molecule has 1 amide bonds. The van der Waals surface area contributed by atoms with Gasteiger partial charge in [-0.3, -0.25) is 4.79 Å². The molecule has 0 bridgehead atoms. The highest BCUT2D eigenvalue weighted by molar-refractivity contribution is 5.95. The van der Waals surface area contributed by atoms with Crippen molar-refractivity contribution in [3.05, 3.63) is 60.8 Å². The topological polar surface area (TPSA) is 73.0 Å². The minimum Gasteiger partial charge on any atom is -0.469 e. The summed E-state index contributed by atoms with van der Waals surface area (Å²) in [5.41, 5.74) is 1.62. The quantitative estimate of drug-likeness (QED) is 0.802. The van der Waals surface area contributed by atoms with Crippen LogP contribution in [0, 0.1) is 5.92 Å². The number of benzene rings is 1. The van der Waals surface area contributed by atoms with Crippen LogP contribution in [0.1, 0.15) is 18.1 Å². The van der Waals surface area contributed by atoms with E-state index >= 15 is 0 Å². The third kappa shape index (κ3) is 2.39. The fraction of sp³-hybridized carbons (Fsp3) is 0.188. The predicted molar refractivity (Wildman–Crippen MR) is 79.5 cm³/mol. The van der Waals surface area contributed by atoms with Gasteiger partial charge in [-0.15, -0.1) is 0 Å². The van der Waals surface area contributed by atoms with Crippen LogP contribution in [0.2, 0.25) is 0 Å². The van der Waals surface area contributed by atoms with Gasteiger partial charge in [-0.25, -0.2) is 0 Å². The van der Waals surface area contributed by atoms with Crippen molar-refractivity contribution in [3.8, 4) is 5.69 Å². The molecule has 0 aliphatic heterocycles. The first-order chi connectivity index (χ1) is 10.8. The molecule has 4 rings (SSSR count). The van der Waals surface area contributed by atoms with Gasteiger partial charge in [0.05, 0.1) is 24.3 Å². The Labute approximate surface area is 126 Å². The molecule has 1 aliphatic rings. The number of hydrogen-bond acceptors (Lipinski definition) is 4. The van der Waals surface area contributed by atoms with Gasteiger partial charge in [-0.2, -0.15) is 15.0 Å². The summed E-state index contributed by atoms with van der Waals surface area (Å²) in [5.74, 6) is 1.13. The smallest absolute Gasteiger partial charge is 0.228 e. The number of amides is 1. The zero-order chi connectivity index (χ0) is 14.9. The number of aromatic nitrogens is 3. The number of nitrogens with zero attached hydrogens (tertiary/aromatic N) is 3. The van der Waals surface area contributed by atoms with Crippen LogP contribution >= 0.6 is 0 Å². The van der Waals surface area contributed by atoms with E-state index in [9.17, 15) is 4.79 Å². The van der Waals surface area contributed by atoms with E-state index in [2.05, 4.69) is 15.5 Å². The normalized spacial score (nSPS) is 19.8. The minimum absolute atomic E-state index is 0.00129. The van der Waals surface area contributed by atoms with E-state index in [1.54, 1.807) is 18.7 Å². The lowest BCUT2D eigenvalue weighted by molar-refractivity contribution is -0.117. The number of furan rings is 1. The third-order valence-corrected chi connectivity index (χ3v) is 3.82. The fourth-order valence-electron chi connectivity index (χ4n) is 2.56. The molecule has 3 aromatic rings. The third-order valence-electron chi connectivity index (χ3n) is 3.82. The Morgan fingerprint density at radius 2 is 1.95 bits per heavy atom. The Bertz CT molecular complexity index is 763. The summed E-state index contributed by atoms with van der Waals surface area (Å²) in [7, 11) is 0. The molecule has 1 saturated carbocycles. The van der Waals surface area contributed by atoms with Gasteiger partial charge in [0, 0.05) is 17.5 Å². The SMILES string of the molecule is O=C(Nc1ccc(-n2nccn2)cc1)[C@@H]1C[C@H]1c1ccco1. The number of anilines is 1. The first-order valence-electron chi connectivity index (χ1n) is 7.12. The summed E-state index contributed by atoms with van der Waals surface area (Å²) in [6.45, 7) is 0. The van der Waals surface area contributed by atoms with Gasteiger partial charge < -0.3 is 9.73 Å². The fourth-order valence-corrected chi connectivity index (χ4v) is 2.56. The number of rotatable bonds is 4. The summed E-state index contributed by atoms with van der Waals surface area (Å²) in [4.78, 5) is 13.7. The van der Waals surface area contributed by atoms with E-state index < -0.39 is 0 Å². The highest BCUT2D eigenvalue weighted by atomic mass is 16.3. The molecule has 1 N–H and O–H groups in total. The summed E-state index contributed by atoms with van der Waals surface area (Å²) in [6, 6.07) is 11.2. The second-order valence-corrected chi connectivity index (χ2v) is 5.32. The first-order valence-corrected chi connectivity index (χ1v) is 7.12. The van der Waals surface area contributed by atoms with Crippen molar-refractivity contribution in [1.82, 2.24) is 15.0 Å². The zero-order valence-electron chi connectivity index (χ0n) is 11.7. The molecule has 1 aliphatic carbocycles. The van der Waals surface area contributed by atoms with Gasteiger partial charge in [0.1, 0.15) is 5.76 Å². The highest BCUT2D eigenvalue weighted by Gasteiger charge is 2.45. The van der Waals surface area contributed by atoms with Gasteiger partial charge in [0.2, 0.25) is 5.91 Å². The molecule has 0 unspecified atom stereocenters. The van der Waals surface area contributed by atoms with Crippen molar-refractivity contribution in [2.45, 2.75) is 12.3 Å². The number of carbonyl (C=O) groups is 1. The predicted octanol–water partition coefficient (Wildman–Crippen LogP) is 2.60. The van der Waals surface area contributed by atoms with Crippen molar-refractivity contribution < 1.29 is 9.21 Å². The van der Waals surface area contributed by atoms with E-state index in [0.29, 0.717) is 0 Å². The summed E-state index contributed by atoms with van der Waals surface area (Å²) >= 11 is 0. The lowest BCUT2D eigenvalue weighted by Gasteiger charge is -2.06. The van der Waals surface area contributed by atoms with Gasteiger partial charge >= 0.3 is 0 Å². The second kappa shape index (κ2) is 5.14. The maximum atomic E-state index is 12.2. The average molecular weight is 294 g/mol. The maximum Gasteiger partial charge on any atom is 0.228 e. The van der Waals surface area contributed by atoms with E-state index in [1.165, 1.54) is 4.80 Å². The van der Waals surface area contributed by atoms with Gasteiger partial charge in [0.15, 0.2) is 0 Å². The van der Waals surface area contributed by atoms with E-state index in [0.717, 1.165) is 23.6 Å². The monoisotopic (exact) mass is 294 g/mol. The molecular formula is C16H14N4O2. The summed E-state index contributed by atoms with van der Waals surface area (Å²) < 4.78 is 5.35. The van der Waals surface area contributed by atoms with E-state index in [-0.39, 0.29) is 17.7 Å². The summed E-state index contributed by atoms with van der Waals surface area (Å²) in [5, 5.41) is 11.1. The number of carbonyl (C=O) groups excluding carboxylic acids is 1. The molecule has 2 heterocycles. The Morgan fingerprint density at radius 3 is 2.64 bits per heavy atom. The number of hydrogen-bond donors (Lipinski definition) is 1. The number of nitrogens with one attached hydrogen (secondary N) is 1. The van der Waals surface area contributed by atoms with E-state index in [4.69, 9.17) is 4.42 Å². The van der Waals surface area contributed by atoms with Gasteiger partial charge in [-0.05, 0) is 42.8 Å². The molecule has 1 aromatic carbocycles. The Morgan fingerprint density at radius 1 is 1.18 bits per heavy atom. The molecular weight excluding hydrogens is 280 g/mol. The van der Waals surface area contributed by atoms with Crippen LogP contribution in [0.15, 0.2) is 59.5 Å². The molecule has 2 atom stereocenters. The van der Waals surface area contributed by atoms with Crippen molar-refractivity contribution in [2.75, 3.05) is 5.32 Å². The van der Waals surface area contributed by atoms with Crippen LogP contribution in [0.5, 0.6) is 0 Å². The molecule has 0 saturated heterocycles. The molecule has 0 spiro atoms. The first kappa shape index (κ1) is 12.8. The van der Waals surface area contributed by atoms with Crippen LogP contribution in [-0.4, -0.2) is 20.9 Å². The molecule has 6 heteroatoms. The average Bonchev–Trinajstić information content (AvgIpc) is 2.97. The zero-order valence-corrected chi connectivity index (χ0v) is 11.7. The highest BCUT2D eigenvalue weighted by Crippen LogP contribution is 2.48. The molecule has 22 heavy (non-hydrogen) atoms. The van der Waals surface area contributed by atoms with Crippen LogP contribution in [0.4, 0.5) is 5.69 Å². The summed E-state index contributed by atoms with van der Waals surface area (Å²) in [6.07, 6.45) is 5.73. The van der Waals surface area contributed by atoms with Crippen molar-refractivity contribution in [1.29, 1.82) is 0 Å². The van der Waals surface area contributed by atoms with Crippen LogP contribution in [0.25, 0.3) is 5.69 Å². The Balaban J connectivity index is 1.40. The maximum absolute atomic E-state index is 12.2. The second-order valence-electron chi connectivity index (χ2n) is 5.32. The standard InChI is InChI=1S/C16H14N4O2/c21-16(14-10-13(14)15-2-1-9-22-15)19-11-3-5-12(6-4-11)20-17-7-8-18-20/h1-9,13-14H,10H2,(H,19,21)/t13-,14-/m1/s1. The molecule has 0 radical (unpaired) electrons. The Kier molecular flexibility index (Phi) is 3.00. The van der Waals surface area contributed by atoms with Crippen LogP contribution < -0.4 is 5.32 Å². The van der Waals surface area contributed by atoms with Crippen molar-refractivity contribution in [3.63, 3.8) is 0 Å². The van der Waals surface area contributed by atoms with Crippen LogP contribution in [-0.2, 0) is 4.79 Å². The minimum atomic E-state index is -0.00129. The molecule has 6 nitrogen and oxygen atoms in total.